The summed E-state index contributed by atoms with van der Waals surface area (Å²) in [5, 5.41) is 1.23. The van der Waals surface area contributed by atoms with Crippen LogP contribution in [-0.2, 0) is 10.0 Å². The van der Waals surface area contributed by atoms with Crippen molar-refractivity contribution in [3.05, 3.63) is 96.2 Å². The van der Waals surface area contributed by atoms with Crippen LogP contribution in [0.25, 0.3) is 22.5 Å². The number of halogens is 4. The molecule has 0 spiro atoms. The second-order valence-electron chi connectivity index (χ2n) is 9.13. The van der Waals surface area contributed by atoms with Crippen LogP contribution in [0.4, 0.5) is 23.2 Å². The zero-order valence-electron chi connectivity index (χ0n) is 22.7. The third-order valence-corrected chi connectivity index (χ3v) is 7.76. The molecule has 1 heterocycles. The number of nitrogens with one attached hydrogen (secondary N) is 1. The van der Waals surface area contributed by atoms with Gasteiger partial charge >= 0.3 is 6.36 Å². The van der Waals surface area contributed by atoms with Crippen LogP contribution < -0.4 is 26.0 Å². The normalized spacial score (nSPS) is 13.2. The number of hydrogen-bond acceptors (Lipinski definition) is 7. The highest BCUT2D eigenvalue weighted by molar-refractivity contribution is 7.89. The maximum atomic E-state index is 14.1. The molecule has 0 bridgehead atoms. The van der Waals surface area contributed by atoms with Crippen molar-refractivity contribution in [1.82, 2.24) is 14.3 Å². The van der Waals surface area contributed by atoms with Gasteiger partial charge < -0.3 is 15.0 Å². The summed E-state index contributed by atoms with van der Waals surface area (Å²) in [7, 11) is -2.42. The van der Waals surface area contributed by atoms with Crippen LogP contribution in [-0.4, -0.2) is 31.4 Å². The van der Waals surface area contributed by atoms with Crippen LogP contribution in [0.5, 0.6) is 5.75 Å². The number of rotatable bonds is 9. The summed E-state index contributed by atoms with van der Waals surface area (Å²) in [6, 6.07) is 16.4. The molecule has 4 rings (SSSR count). The van der Waals surface area contributed by atoms with Crippen LogP contribution >= 0.6 is 0 Å². The van der Waals surface area contributed by atoms with Crippen molar-refractivity contribution in [3.8, 4) is 22.6 Å². The van der Waals surface area contributed by atoms with Crippen LogP contribution in [0, 0.1) is 6.92 Å². The van der Waals surface area contributed by atoms with Crippen molar-refractivity contribution >= 4 is 21.4 Å². The van der Waals surface area contributed by atoms with Crippen LogP contribution in [0.3, 0.4) is 0 Å². The average molecular weight is 605 g/mol. The third-order valence-electron chi connectivity index (χ3n) is 6.35. The van der Waals surface area contributed by atoms with Crippen molar-refractivity contribution in [1.29, 1.82) is 0 Å². The molecule has 0 radical (unpaired) electrons. The molecule has 1 unspecified atom stereocenters. The molecule has 0 aliphatic rings. The number of ether oxygens (including phenoxy) is 1. The Balaban J connectivity index is 1.85. The summed E-state index contributed by atoms with van der Waals surface area (Å²) in [5.41, 5.74) is 8.69. The lowest BCUT2D eigenvalue weighted by Gasteiger charge is -2.26. The predicted molar refractivity (Wildman–Crippen MR) is 151 cm³/mol. The highest BCUT2D eigenvalue weighted by Gasteiger charge is 2.31. The maximum absolute atomic E-state index is 14.1. The van der Waals surface area contributed by atoms with Crippen molar-refractivity contribution < 1.29 is 30.7 Å². The minimum absolute atomic E-state index is 0.0495. The van der Waals surface area contributed by atoms with Gasteiger partial charge in [0.15, 0.2) is 0 Å². The van der Waals surface area contributed by atoms with Gasteiger partial charge in [-0.25, -0.2) is 28.4 Å². The standard InChI is InChI=1S/C28H28F4N6O3S/c1-17(29)24-16-37(18(2)36-24)25-12-9-21(20-5-4-6-23(13-20)42(39,40)35-3)14-26(25)38(34)27(15-33)19-7-10-22(11-8-19)41-28(30,31)32/h4-17,35H,33-34H2,1-3H3/b27-15-. The van der Waals surface area contributed by atoms with Crippen LogP contribution in [0.15, 0.2) is 84.0 Å². The van der Waals surface area contributed by atoms with Crippen molar-refractivity contribution in [2.24, 2.45) is 11.6 Å². The number of aryl methyl sites for hydroxylation is 1. The Morgan fingerprint density at radius 1 is 1.10 bits per heavy atom. The lowest BCUT2D eigenvalue weighted by atomic mass is 10.0. The molecule has 1 aromatic heterocycles. The fraction of sp³-hybridized carbons (Fsp3) is 0.179. The molecule has 0 aliphatic heterocycles. The first-order valence-corrected chi connectivity index (χ1v) is 13.9. The highest BCUT2D eigenvalue weighted by Crippen LogP contribution is 2.35. The second-order valence-corrected chi connectivity index (χ2v) is 11.0. The third kappa shape index (κ3) is 6.56. The number of nitrogens with zero attached hydrogens (tertiary/aromatic N) is 3. The monoisotopic (exact) mass is 604 g/mol. The molecular weight excluding hydrogens is 576 g/mol. The number of benzene rings is 3. The molecule has 9 nitrogen and oxygen atoms in total. The zero-order chi connectivity index (χ0) is 30.8. The molecule has 42 heavy (non-hydrogen) atoms. The topological polar surface area (TPSA) is 128 Å². The van der Waals surface area contributed by atoms with Gasteiger partial charge in [-0.1, -0.05) is 18.2 Å². The van der Waals surface area contributed by atoms with Gasteiger partial charge in [-0.2, -0.15) is 0 Å². The Kier molecular flexibility index (Phi) is 8.61. The minimum atomic E-state index is -4.86. The van der Waals surface area contributed by atoms with E-state index in [0.717, 1.165) is 12.1 Å². The first kappa shape index (κ1) is 30.6. The summed E-state index contributed by atoms with van der Waals surface area (Å²) in [4.78, 5) is 4.34. The van der Waals surface area contributed by atoms with Crippen molar-refractivity contribution in [2.75, 3.05) is 12.1 Å². The van der Waals surface area contributed by atoms with Gasteiger partial charge in [0, 0.05) is 18.0 Å². The van der Waals surface area contributed by atoms with E-state index in [2.05, 4.69) is 14.4 Å². The van der Waals surface area contributed by atoms with Gasteiger partial charge in [0.25, 0.3) is 0 Å². The van der Waals surface area contributed by atoms with E-state index in [1.165, 1.54) is 55.6 Å². The van der Waals surface area contributed by atoms with Gasteiger partial charge in [-0.3, -0.25) is 5.01 Å². The molecule has 222 valence electrons. The first-order valence-electron chi connectivity index (χ1n) is 12.5. The molecule has 4 aromatic rings. The molecule has 0 amide bonds. The van der Waals surface area contributed by atoms with E-state index >= 15 is 0 Å². The summed E-state index contributed by atoms with van der Waals surface area (Å²) < 4.78 is 84.7. The number of alkyl halides is 4. The Bertz CT molecular complexity index is 1720. The van der Waals surface area contributed by atoms with Crippen molar-refractivity contribution in [3.63, 3.8) is 0 Å². The van der Waals surface area contributed by atoms with Gasteiger partial charge in [-0.05, 0) is 80.6 Å². The molecule has 0 saturated heterocycles. The number of anilines is 1. The van der Waals surface area contributed by atoms with Gasteiger partial charge in [0.2, 0.25) is 10.0 Å². The van der Waals surface area contributed by atoms with E-state index in [0.29, 0.717) is 33.9 Å². The zero-order valence-corrected chi connectivity index (χ0v) is 23.5. The molecule has 1 atom stereocenters. The van der Waals surface area contributed by atoms with Gasteiger partial charge in [-0.15, -0.1) is 13.2 Å². The summed E-state index contributed by atoms with van der Waals surface area (Å²) >= 11 is 0. The van der Waals surface area contributed by atoms with Crippen LogP contribution in [0.1, 0.15) is 30.2 Å². The molecule has 5 N–H and O–H groups in total. The fourth-order valence-corrected chi connectivity index (χ4v) is 5.04. The van der Waals surface area contributed by atoms with E-state index in [1.54, 1.807) is 41.8 Å². The number of hydrogen-bond donors (Lipinski definition) is 3. The largest absolute Gasteiger partial charge is 0.573 e. The van der Waals surface area contributed by atoms with E-state index in [-0.39, 0.29) is 16.3 Å². The Morgan fingerprint density at radius 3 is 2.33 bits per heavy atom. The lowest BCUT2D eigenvalue weighted by Crippen LogP contribution is -2.31. The van der Waals surface area contributed by atoms with Crippen LogP contribution in [0.2, 0.25) is 0 Å². The Hall–Kier alpha value is -4.40. The molecular formula is C28H28F4N6O3S. The number of sulfonamides is 1. The quantitative estimate of drug-likeness (QED) is 0.134. The van der Waals surface area contributed by atoms with Gasteiger partial charge in [0.05, 0.1) is 27.7 Å². The predicted octanol–water partition coefficient (Wildman–Crippen LogP) is 5.32. The molecule has 0 saturated carbocycles. The molecule has 0 fully saturated rings. The first-order chi connectivity index (χ1) is 19.7. The minimum Gasteiger partial charge on any atom is -0.406 e. The molecule has 0 aliphatic carbocycles. The van der Waals surface area contributed by atoms with E-state index in [9.17, 15) is 26.0 Å². The average Bonchev–Trinajstić information content (AvgIpc) is 3.35. The van der Waals surface area contributed by atoms with Gasteiger partial charge in [0.1, 0.15) is 17.7 Å². The number of imidazole rings is 1. The number of aromatic nitrogens is 2. The van der Waals surface area contributed by atoms with E-state index in [4.69, 9.17) is 11.6 Å². The summed E-state index contributed by atoms with van der Waals surface area (Å²) in [6.45, 7) is 3.05. The fourth-order valence-electron chi connectivity index (χ4n) is 4.26. The smallest absolute Gasteiger partial charge is 0.406 e. The van der Waals surface area contributed by atoms with E-state index in [1.807, 2.05) is 0 Å². The van der Waals surface area contributed by atoms with E-state index < -0.39 is 28.3 Å². The Morgan fingerprint density at radius 2 is 1.76 bits per heavy atom. The number of nitrogens with two attached hydrogens (primary N) is 2. The SMILES string of the molecule is CNS(=O)(=O)c1cccc(-c2ccc(-n3cc(C(C)F)nc3C)c(N(N)/C(=C\N)c3ccc(OC(F)(F)F)cc3)c2)c1. The highest BCUT2D eigenvalue weighted by atomic mass is 32.2. The second kappa shape index (κ2) is 11.8. The molecule has 14 heteroatoms. The summed E-state index contributed by atoms with van der Waals surface area (Å²) in [6.07, 6.45) is -3.48. The number of hydrazine groups is 1. The van der Waals surface area contributed by atoms with Crippen molar-refractivity contribution in [2.45, 2.75) is 31.3 Å². The lowest BCUT2D eigenvalue weighted by molar-refractivity contribution is -0.274. The Labute approximate surface area is 240 Å². The maximum Gasteiger partial charge on any atom is 0.573 e. The summed E-state index contributed by atoms with van der Waals surface area (Å²) in [5.74, 6) is 6.64. The molecule has 3 aromatic carbocycles.